The van der Waals surface area contributed by atoms with Gasteiger partial charge in [0, 0.05) is 0 Å². The van der Waals surface area contributed by atoms with Crippen molar-refractivity contribution in [1.29, 1.82) is 0 Å². The van der Waals surface area contributed by atoms with Crippen molar-refractivity contribution in [2.45, 2.75) is 26.7 Å². The number of ether oxygens (including phenoxy) is 1. The molecule has 0 N–H and O–H groups in total. The Bertz CT molecular complexity index is 136. The van der Waals surface area contributed by atoms with E-state index in [1.54, 1.807) is 0 Å². The first-order valence-electron chi connectivity index (χ1n) is 3.82. The van der Waals surface area contributed by atoms with Crippen molar-refractivity contribution < 1.29 is 28.1 Å². The summed E-state index contributed by atoms with van der Waals surface area (Å²) in [7, 11) is 5.88. The topological polar surface area (TPSA) is 9.23 Å². The van der Waals surface area contributed by atoms with Crippen molar-refractivity contribution in [3.63, 3.8) is 0 Å². The van der Waals surface area contributed by atoms with Gasteiger partial charge in [0.2, 0.25) is 0 Å². The number of rotatable bonds is 5. The molecule has 0 unspecified atom stereocenters. The first kappa shape index (κ1) is 12.1. The molecule has 0 aromatic rings. The summed E-state index contributed by atoms with van der Waals surface area (Å²) in [6.07, 6.45) is 2.12. The Balaban J connectivity index is 4.02. The van der Waals surface area contributed by atoms with E-state index in [1.807, 2.05) is 6.92 Å². The fourth-order valence-electron chi connectivity index (χ4n) is 0.748. The minimum absolute atomic E-state index is 0.575. The maximum atomic E-state index is 5.88. The van der Waals surface area contributed by atoms with E-state index in [-0.39, 0.29) is 0 Å². The van der Waals surface area contributed by atoms with Crippen LogP contribution in [-0.2, 0) is 28.1 Å². The third kappa shape index (κ3) is 5.32. The molecule has 0 spiro atoms. The Kier molecular flexibility index (Phi) is 8.43. The summed E-state index contributed by atoms with van der Waals surface area (Å²) in [6, 6.07) is 0. The standard InChI is InChI=1S/C7H12ClO.ClH.Hg/c1-3-5-6-7(8)9-4-2;;/h3-5H2,1-2H3;1H;/q;;+1/p-1. The SMILES string of the molecule is CCC/[C]([Hg][Cl])=C(\Cl)OCC. The molecule has 62 valence electrons. The van der Waals surface area contributed by atoms with Gasteiger partial charge in [0.1, 0.15) is 0 Å². The molecule has 0 aliphatic rings. The normalized spacial score (nSPS) is 12.0. The van der Waals surface area contributed by atoms with Crippen LogP contribution in [0.15, 0.2) is 8.30 Å². The fraction of sp³-hybridized carbons (Fsp3) is 0.714. The summed E-state index contributed by atoms with van der Waals surface area (Å²) in [6.45, 7) is 4.68. The van der Waals surface area contributed by atoms with E-state index in [2.05, 4.69) is 6.92 Å². The molecule has 11 heavy (non-hydrogen) atoms. The maximum absolute atomic E-state index is 5.88. The van der Waals surface area contributed by atoms with Crippen molar-refractivity contribution in [3.05, 3.63) is 8.30 Å². The molecule has 0 fully saturated rings. The zero-order valence-electron chi connectivity index (χ0n) is 6.99. The quantitative estimate of drug-likeness (QED) is 0.522. The molecule has 0 aromatic carbocycles. The van der Waals surface area contributed by atoms with Gasteiger partial charge < -0.3 is 0 Å². The van der Waals surface area contributed by atoms with Crippen LogP contribution in [0.1, 0.15) is 26.7 Å². The Labute approximate surface area is 89.0 Å². The van der Waals surface area contributed by atoms with Crippen LogP contribution in [0.5, 0.6) is 0 Å². The van der Waals surface area contributed by atoms with Crippen molar-refractivity contribution in [3.8, 4) is 0 Å². The van der Waals surface area contributed by atoms with E-state index >= 15 is 0 Å². The van der Waals surface area contributed by atoms with Crippen LogP contribution in [0.4, 0.5) is 0 Å². The molecule has 0 aliphatic carbocycles. The molecule has 4 heteroatoms. The van der Waals surface area contributed by atoms with E-state index in [4.69, 9.17) is 24.6 Å². The predicted molar refractivity (Wildman–Crippen MR) is 45.3 cm³/mol. The van der Waals surface area contributed by atoms with Crippen LogP contribution in [0.25, 0.3) is 0 Å². The minimum atomic E-state index is -1.33. The van der Waals surface area contributed by atoms with Gasteiger partial charge in [-0.1, -0.05) is 0 Å². The molecule has 0 rings (SSSR count). The van der Waals surface area contributed by atoms with Crippen molar-refractivity contribution in [2.75, 3.05) is 6.61 Å². The third-order valence-electron chi connectivity index (χ3n) is 1.26. The molecular weight excluding hydrogens is 372 g/mol. The first-order chi connectivity index (χ1) is 5.26. The van der Waals surface area contributed by atoms with Crippen LogP contribution in [0, 0.1) is 0 Å². The Hall–Kier alpha value is 1.06. The Morgan fingerprint density at radius 1 is 1.45 bits per heavy atom. The number of hydrogen-bond acceptors (Lipinski definition) is 1. The average Bonchev–Trinajstić information content (AvgIpc) is 2.00. The van der Waals surface area contributed by atoms with Crippen molar-refractivity contribution in [2.24, 2.45) is 0 Å². The van der Waals surface area contributed by atoms with Crippen LogP contribution < -0.4 is 0 Å². The molecule has 0 amide bonds. The molecule has 0 aromatic heterocycles. The van der Waals surface area contributed by atoms with E-state index in [1.165, 1.54) is 3.08 Å². The van der Waals surface area contributed by atoms with E-state index < -0.39 is 23.3 Å². The predicted octanol–water partition coefficient (Wildman–Crippen LogP) is 3.47. The van der Waals surface area contributed by atoms with Gasteiger partial charge in [-0.3, -0.25) is 0 Å². The Morgan fingerprint density at radius 3 is 2.45 bits per heavy atom. The average molecular weight is 384 g/mol. The number of hydrogen-bond donors (Lipinski definition) is 0. The van der Waals surface area contributed by atoms with Crippen LogP contribution >= 0.6 is 19.9 Å². The van der Waals surface area contributed by atoms with E-state index in [0.717, 1.165) is 12.8 Å². The first-order valence-corrected chi connectivity index (χ1v) is 13.7. The summed E-state index contributed by atoms with van der Waals surface area (Å²) >= 11 is 4.53. The molecule has 0 saturated carbocycles. The molecular formula is C7H12Cl2HgO. The number of halogens is 2. The van der Waals surface area contributed by atoms with Crippen molar-refractivity contribution in [1.82, 2.24) is 0 Å². The van der Waals surface area contributed by atoms with Crippen LogP contribution in [-0.4, -0.2) is 6.61 Å². The zero-order valence-corrected chi connectivity index (χ0v) is 14.0. The summed E-state index contributed by atoms with van der Waals surface area (Å²) in [5, 5.41) is 0.575. The van der Waals surface area contributed by atoms with Gasteiger partial charge in [0.15, 0.2) is 0 Å². The molecule has 0 atom stereocenters. The molecule has 1 nitrogen and oxygen atoms in total. The van der Waals surface area contributed by atoms with Crippen molar-refractivity contribution >= 4 is 19.9 Å². The van der Waals surface area contributed by atoms with Gasteiger partial charge in [-0.15, -0.1) is 0 Å². The van der Waals surface area contributed by atoms with Crippen LogP contribution in [0.2, 0.25) is 0 Å². The van der Waals surface area contributed by atoms with Gasteiger partial charge >= 0.3 is 89.5 Å². The van der Waals surface area contributed by atoms with Gasteiger partial charge in [-0.05, 0) is 0 Å². The monoisotopic (exact) mass is 384 g/mol. The zero-order chi connectivity index (χ0) is 8.69. The second-order valence-electron chi connectivity index (χ2n) is 2.19. The summed E-state index contributed by atoms with van der Waals surface area (Å²) in [4.78, 5) is 0. The van der Waals surface area contributed by atoms with Crippen LogP contribution in [0.3, 0.4) is 0 Å². The second-order valence-corrected chi connectivity index (χ2v) is 9.24. The second kappa shape index (κ2) is 7.69. The Morgan fingerprint density at radius 2 is 2.09 bits per heavy atom. The third-order valence-corrected chi connectivity index (χ3v) is 9.22. The molecule has 0 aliphatic heterocycles. The van der Waals surface area contributed by atoms with Gasteiger partial charge in [-0.25, -0.2) is 0 Å². The van der Waals surface area contributed by atoms with Gasteiger partial charge in [0.25, 0.3) is 0 Å². The number of allylic oxidation sites excluding steroid dienone is 1. The van der Waals surface area contributed by atoms with E-state index in [9.17, 15) is 0 Å². The molecule has 0 heterocycles. The van der Waals surface area contributed by atoms with E-state index in [0.29, 0.717) is 11.8 Å². The summed E-state index contributed by atoms with van der Waals surface area (Å²) in [5.74, 6) is 0. The molecule has 0 saturated heterocycles. The summed E-state index contributed by atoms with van der Waals surface area (Å²) < 4.78 is 6.38. The summed E-state index contributed by atoms with van der Waals surface area (Å²) in [5.41, 5.74) is 0. The molecule has 0 bridgehead atoms. The molecule has 0 radical (unpaired) electrons. The van der Waals surface area contributed by atoms with Gasteiger partial charge in [0.05, 0.1) is 0 Å². The fourth-order valence-corrected chi connectivity index (χ4v) is 7.08. The van der Waals surface area contributed by atoms with Gasteiger partial charge in [-0.2, -0.15) is 0 Å².